The summed E-state index contributed by atoms with van der Waals surface area (Å²) in [5.74, 6) is 1.09. The number of ether oxygens (including phenoxy) is 1. The minimum Gasteiger partial charge on any atom is -0.425 e. The molecule has 0 amide bonds. The Kier molecular flexibility index (Phi) is 6.53. The maximum absolute atomic E-state index is 5.71. The van der Waals surface area contributed by atoms with Gasteiger partial charge in [-0.25, -0.2) is 9.98 Å². The molecular weight excluding hydrogens is 274 g/mol. The fraction of sp³-hybridized carbons (Fsp3) is 0.200. The van der Waals surface area contributed by atoms with Crippen LogP contribution in [0.4, 0.5) is 0 Å². The van der Waals surface area contributed by atoms with Gasteiger partial charge in [-0.05, 0) is 12.5 Å². The molecule has 0 fully saturated rings. The van der Waals surface area contributed by atoms with Crippen molar-refractivity contribution in [3.8, 4) is 5.88 Å². The molecule has 1 rings (SSSR count). The van der Waals surface area contributed by atoms with Gasteiger partial charge in [-0.15, -0.1) is 0 Å². The Morgan fingerprint density at radius 2 is 2.25 bits per heavy atom. The Morgan fingerprint density at radius 1 is 1.50 bits per heavy atom. The van der Waals surface area contributed by atoms with Crippen molar-refractivity contribution in [3.05, 3.63) is 60.7 Å². The van der Waals surface area contributed by atoms with Crippen molar-refractivity contribution in [3.63, 3.8) is 0 Å². The second-order valence-electron chi connectivity index (χ2n) is 4.01. The number of aromatic nitrogens is 2. The van der Waals surface area contributed by atoms with Gasteiger partial charge in [0.25, 0.3) is 0 Å². The van der Waals surface area contributed by atoms with Crippen molar-refractivity contribution in [2.75, 3.05) is 0 Å². The third kappa shape index (κ3) is 5.28. The van der Waals surface area contributed by atoms with E-state index in [-0.39, 0.29) is 0 Å². The molecule has 0 bridgehead atoms. The predicted octanol–water partition coefficient (Wildman–Crippen LogP) is 4.08. The lowest BCUT2D eigenvalue weighted by Crippen LogP contribution is -2.08. The molecule has 5 heteroatoms. The maximum atomic E-state index is 5.71. The van der Waals surface area contributed by atoms with Crippen LogP contribution < -0.4 is 4.74 Å². The number of nitrogens with zero attached hydrogens (tertiary/aromatic N) is 3. The largest absolute Gasteiger partial charge is 0.425 e. The lowest BCUT2D eigenvalue weighted by atomic mass is 10.2. The van der Waals surface area contributed by atoms with Gasteiger partial charge in [-0.3, -0.25) is 4.57 Å². The molecule has 20 heavy (non-hydrogen) atoms. The molecule has 4 nitrogen and oxygen atoms in total. The summed E-state index contributed by atoms with van der Waals surface area (Å²) in [5, 5.41) is 0.587. The molecule has 0 radical (unpaired) electrons. The first-order valence-electron chi connectivity index (χ1n) is 6.05. The summed E-state index contributed by atoms with van der Waals surface area (Å²) in [4.78, 5) is 8.16. The van der Waals surface area contributed by atoms with Crippen molar-refractivity contribution >= 4 is 17.5 Å². The van der Waals surface area contributed by atoms with E-state index in [9.17, 15) is 0 Å². The van der Waals surface area contributed by atoms with E-state index in [0.29, 0.717) is 23.4 Å². The molecule has 0 spiro atoms. The second kappa shape index (κ2) is 8.17. The van der Waals surface area contributed by atoms with Gasteiger partial charge in [-0.1, -0.05) is 43.0 Å². The fourth-order valence-corrected chi connectivity index (χ4v) is 1.45. The van der Waals surface area contributed by atoms with Crippen molar-refractivity contribution in [2.45, 2.75) is 20.4 Å². The SMILES string of the molecule is C=C/C=C(\C=C)Cn1cncc1OC(C)=N/C=C(\C)Cl. The molecule has 0 aliphatic rings. The molecule has 0 saturated heterocycles. The summed E-state index contributed by atoms with van der Waals surface area (Å²) in [6.07, 6.45) is 10.2. The van der Waals surface area contributed by atoms with E-state index in [4.69, 9.17) is 16.3 Å². The van der Waals surface area contributed by atoms with Gasteiger partial charge in [0.15, 0.2) is 5.90 Å². The fourth-order valence-electron chi connectivity index (χ4n) is 1.40. The van der Waals surface area contributed by atoms with E-state index < -0.39 is 0 Å². The van der Waals surface area contributed by atoms with Crippen molar-refractivity contribution in [1.29, 1.82) is 0 Å². The van der Waals surface area contributed by atoms with Crippen molar-refractivity contribution in [2.24, 2.45) is 4.99 Å². The number of hydrogen-bond acceptors (Lipinski definition) is 3. The van der Waals surface area contributed by atoms with Crippen LogP contribution in [0.1, 0.15) is 13.8 Å². The molecule has 0 saturated carbocycles. The molecule has 0 aliphatic carbocycles. The van der Waals surface area contributed by atoms with Crippen LogP contribution in [0.3, 0.4) is 0 Å². The second-order valence-corrected chi connectivity index (χ2v) is 4.60. The van der Waals surface area contributed by atoms with Gasteiger partial charge >= 0.3 is 0 Å². The Bertz CT molecular complexity index is 563. The average molecular weight is 292 g/mol. The topological polar surface area (TPSA) is 39.4 Å². The van der Waals surface area contributed by atoms with E-state index in [0.717, 1.165) is 5.57 Å². The highest BCUT2D eigenvalue weighted by molar-refractivity contribution is 6.29. The lowest BCUT2D eigenvalue weighted by molar-refractivity contribution is 0.488. The van der Waals surface area contributed by atoms with E-state index in [2.05, 4.69) is 23.1 Å². The quantitative estimate of drug-likeness (QED) is 0.450. The van der Waals surface area contributed by atoms with Gasteiger partial charge in [0, 0.05) is 18.2 Å². The summed E-state index contributed by atoms with van der Waals surface area (Å²) in [5.41, 5.74) is 1.01. The molecule has 0 aliphatic heterocycles. The number of allylic oxidation sites excluding steroid dienone is 5. The first-order valence-corrected chi connectivity index (χ1v) is 6.43. The Balaban J connectivity index is 2.84. The third-order valence-electron chi connectivity index (χ3n) is 2.30. The smallest absolute Gasteiger partial charge is 0.221 e. The molecule has 1 aromatic heterocycles. The first-order chi connectivity index (χ1) is 9.56. The third-order valence-corrected chi connectivity index (χ3v) is 2.40. The van der Waals surface area contributed by atoms with Crippen LogP contribution in [0.25, 0.3) is 0 Å². The standard InChI is InChI=1S/C15H18ClN3O/c1-5-7-14(6-2)10-19-11-17-9-15(19)20-13(4)18-8-12(3)16/h5-9,11H,1-2,10H2,3-4H3/b12-8+,14-7+,18-13?. The highest BCUT2D eigenvalue weighted by Gasteiger charge is 2.05. The van der Waals surface area contributed by atoms with Crippen molar-refractivity contribution in [1.82, 2.24) is 9.55 Å². The van der Waals surface area contributed by atoms with Gasteiger partial charge in [0.1, 0.15) is 0 Å². The number of hydrogen-bond donors (Lipinski definition) is 0. The van der Waals surface area contributed by atoms with Crippen LogP contribution in [-0.4, -0.2) is 15.4 Å². The predicted molar refractivity (Wildman–Crippen MR) is 84.1 cm³/mol. The number of rotatable bonds is 6. The van der Waals surface area contributed by atoms with Crippen LogP contribution in [0, 0.1) is 0 Å². The Hall–Kier alpha value is -2.07. The molecule has 0 aromatic carbocycles. The molecule has 1 heterocycles. The van der Waals surface area contributed by atoms with E-state index in [1.54, 1.807) is 38.5 Å². The minimum atomic E-state index is 0.486. The normalized spacial score (nSPS) is 13.2. The summed E-state index contributed by atoms with van der Waals surface area (Å²) in [6.45, 7) is 11.5. The zero-order valence-electron chi connectivity index (χ0n) is 11.7. The van der Waals surface area contributed by atoms with Crippen LogP contribution in [0.15, 0.2) is 65.7 Å². The van der Waals surface area contributed by atoms with E-state index in [1.807, 2.05) is 10.6 Å². The summed E-state index contributed by atoms with van der Waals surface area (Å²) in [6, 6.07) is 0. The summed E-state index contributed by atoms with van der Waals surface area (Å²) in [7, 11) is 0. The van der Waals surface area contributed by atoms with E-state index >= 15 is 0 Å². The van der Waals surface area contributed by atoms with Crippen LogP contribution in [-0.2, 0) is 6.54 Å². The van der Waals surface area contributed by atoms with Crippen LogP contribution >= 0.6 is 11.6 Å². The monoisotopic (exact) mass is 291 g/mol. The van der Waals surface area contributed by atoms with Gasteiger partial charge < -0.3 is 4.74 Å². The van der Waals surface area contributed by atoms with Crippen LogP contribution in [0.2, 0.25) is 0 Å². The maximum Gasteiger partial charge on any atom is 0.221 e. The van der Waals surface area contributed by atoms with E-state index in [1.165, 1.54) is 6.20 Å². The highest BCUT2D eigenvalue weighted by atomic mass is 35.5. The number of halogens is 1. The zero-order valence-corrected chi connectivity index (χ0v) is 12.5. The summed E-state index contributed by atoms with van der Waals surface area (Å²) < 4.78 is 7.47. The first kappa shape index (κ1) is 16.0. The average Bonchev–Trinajstić information content (AvgIpc) is 2.83. The molecular formula is C15H18ClN3O. The number of imidazole rings is 1. The lowest BCUT2D eigenvalue weighted by Gasteiger charge is -2.09. The van der Waals surface area contributed by atoms with Crippen LogP contribution in [0.5, 0.6) is 5.88 Å². The molecule has 1 aromatic rings. The molecule has 106 valence electrons. The van der Waals surface area contributed by atoms with Crippen molar-refractivity contribution < 1.29 is 4.74 Å². The highest BCUT2D eigenvalue weighted by Crippen LogP contribution is 2.14. The van der Waals surface area contributed by atoms with Gasteiger partial charge in [-0.2, -0.15) is 0 Å². The molecule has 0 atom stereocenters. The molecule has 0 N–H and O–H groups in total. The Morgan fingerprint density at radius 3 is 2.85 bits per heavy atom. The number of aliphatic imine (C=N–C) groups is 1. The zero-order chi connectivity index (χ0) is 15.0. The minimum absolute atomic E-state index is 0.486. The van der Waals surface area contributed by atoms with Gasteiger partial charge in [0.05, 0.1) is 19.1 Å². The Labute approximate surface area is 124 Å². The summed E-state index contributed by atoms with van der Waals surface area (Å²) >= 11 is 5.71. The van der Waals surface area contributed by atoms with Gasteiger partial charge in [0.2, 0.25) is 5.88 Å². The molecule has 0 unspecified atom stereocenters.